The number of nitrogens with one attached hydrogen (secondary N) is 1. The Hall–Kier alpha value is -2.17. The SMILES string of the molecule is O=C(CCN1C(=O)C(=Cc2cccs2)SC1=S)Nc1cccc(C(F)(F)F)c1. The number of thioether (sulfide) groups is 1. The molecule has 1 fully saturated rings. The molecule has 0 bridgehead atoms. The Morgan fingerprint density at radius 1 is 1.25 bits per heavy atom. The van der Waals surface area contributed by atoms with Gasteiger partial charge in [-0.05, 0) is 35.7 Å². The lowest BCUT2D eigenvalue weighted by molar-refractivity contribution is -0.137. The van der Waals surface area contributed by atoms with Crippen LogP contribution in [0.5, 0.6) is 0 Å². The number of hydrogen-bond donors (Lipinski definition) is 1. The lowest BCUT2D eigenvalue weighted by Gasteiger charge is -2.14. The molecule has 3 rings (SSSR count). The van der Waals surface area contributed by atoms with Crippen LogP contribution in [0.1, 0.15) is 16.9 Å². The molecule has 4 nitrogen and oxygen atoms in total. The summed E-state index contributed by atoms with van der Waals surface area (Å²) < 4.78 is 38.6. The predicted octanol–water partition coefficient (Wildman–Crippen LogP) is 5.00. The van der Waals surface area contributed by atoms with E-state index in [1.54, 1.807) is 6.08 Å². The van der Waals surface area contributed by atoms with Gasteiger partial charge in [-0.25, -0.2) is 0 Å². The van der Waals surface area contributed by atoms with Gasteiger partial charge in [-0.15, -0.1) is 11.3 Å². The molecule has 2 heterocycles. The molecule has 1 aliphatic heterocycles. The standard InChI is InChI=1S/C18H13F3N2O2S3/c19-18(20,21)11-3-1-4-12(9-11)22-15(24)6-7-23-16(25)14(28-17(23)26)10-13-5-2-8-27-13/h1-5,8-10H,6-7H2,(H,22,24). The highest BCUT2D eigenvalue weighted by atomic mass is 32.2. The van der Waals surface area contributed by atoms with Gasteiger partial charge in [0, 0.05) is 23.5 Å². The fourth-order valence-corrected chi connectivity index (χ4v) is 4.44. The van der Waals surface area contributed by atoms with E-state index in [0.29, 0.717) is 9.23 Å². The van der Waals surface area contributed by atoms with Crippen LogP contribution in [0.25, 0.3) is 6.08 Å². The summed E-state index contributed by atoms with van der Waals surface area (Å²) in [7, 11) is 0. The lowest BCUT2D eigenvalue weighted by atomic mass is 10.2. The van der Waals surface area contributed by atoms with Gasteiger partial charge in [0.2, 0.25) is 5.91 Å². The summed E-state index contributed by atoms with van der Waals surface area (Å²) in [6, 6.07) is 8.12. The third-order valence-electron chi connectivity index (χ3n) is 3.73. The summed E-state index contributed by atoms with van der Waals surface area (Å²) in [6.07, 6.45) is -2.83. The number of amides is 2. The predicted molar refractivity (Wildman–Crippen MR) is 109 cm³/mol. The van der Waals surface area contributed by atoms with Crippen molar-refractivity contribution in [2.45, 2.75) is 12.6 Å². The maximum Gasteiger partial charge on any atom is 0.416 e. The van der Waals surface area contributed by atoms with Gasteiger partial charge < -0.3 is 5.32 Å². The van der Waals surface area contributed by atoms with Crippen LogP contribution >= 0.6 is 35.3 Å². The number of anilines is 1. The summed E-state index contributed by atoms with van der Waals surface area (Å²) in [5.74, 6) is -0.786. The van der Waals surface area contributed by atoms with Crippen molar-refractivity contribution in [1.29, 1.82) is 0 Å². The number of hydrogen-bond acceptors (Lipinski definition) is 5. The maximum absolute atomic E-state index is 12.7. The van der Waals surface area contributed by atoms with Crippen molar-refractivity contribution in [2.24, 2.45) is 0 Å². The molecule has 0 radical (unpaired) electrons. The van der Waals surface area contributed by atoms with E-state index < -0.39 is 17.6 Å². The lowest BCUT2D eigenvalue weighted by Crippen LogP contribution is -2.31. The highest BCUT2D eigenvalue weighted by molar-refractivity contribution is 8.26. The largest absolute Gasteiger partial charge is 0.416 e. The second-order valence-corrected chi connectivity index (χ2v) is 8.38. The van der Waals surface area contributed by atoms with Crippen LogP contribution in [0.2, 0.25) is 0 Å². The zero-order chi connectivity index (χ0) is 20.3. The number of carbonyl (C=O) groups is 2. The van der Waals surface area contributed by atoms with Crippen LogP contribution in [-0.2, 0) is 15.8 Å². The summed E-state index contributed by atoms with van der Waals surface area (Å²) in [6.45, 7) is 0.0528. The van der Waals surface area contributed by atoms with Crippen LogP contribution in [0.15, 0.2) is 46.7 Å². The van der Waals surface area contributed by atoms with E-state index >= 15 is 0 Å². The molecule has 1 aromatic carbocycles. The zero-order valence-electron chi connectivity index (χ0n) is 14.2. The number of benzene rings is 1. The van der Waals surface area contributed by atoms with Crippen molar-refractivity contribution >= 4 is 63.2 Å². The number of carbonyl (C=O) groups excluding carboxylic acids is 2. The maximum atomic E-state index is 12.7. The van der Waals surface area contributed by atoms with Crippen LogP contribution in [0, 0.1) is 0 Å². The molecule has 28 heavy (non-hydrogen) atoms. The molecule has 0 saturated carbocycles. The van der Waals surface area contributed by atoms with E-state index in [-0.39, 0.29) is 24.6 Å². The van der Waals surface area contributed by atoms with Crippen molar-refractivity contribution < 1.29 is 22.8 Å². The van der Waals surface area contributed by atoms with E-state index in [1.807, 2.05) is 17.5 Å². The van der Waals surface area contributed by atoms with Gasteiger partial charge in [-0.1, -0.05) is 36.1 Å². The van der Waals surface area contributed by atoms with Gasteiger partial charge in [0.15, 0.2) is 0 Å². The number of halogens is 3. The number of nitrogens with zero attached hydrogens (tertiary/aromatic N) is 1. The molecule has 2 amide bonds. The number of thiophene rings is 1. The third kappa shape index (κ3) is 5.00. The molecular weight excluding hydrogens is 429 g/mol. The summed E-state index contributed by atoms with van der Waals surface area (Å²) in [5.41, 5.74) is -0.802. The Labute approximate surface area is 172 Å². The first-order valence-electron chi connectivity index (χ1n) is 8.00. The van der Waals surface area contributed by atoms with Gasteiger partial charge in [-0.2, -0.15) is 13.2 Å². The molecule has 0 unspecified atom stereocenters. The average molecular weight is 443 g/mol. The quantitative estimate of drug-likeness (QED) is 0.523. The Bertz CT molecular complexity index is 940. The fraction of sp³-hybridized carbons (Fsp3) is 0.167. The van der Waals surface area contributed by atoms with Crippen LogP contribution in [0.3, 0.4) is 0 Å². The van der Waals surface area contributed by atoms with E-state index in [4.69, 9.17) is 12.2 Å². The van der Waals surface area contributed by atoms with Crippen molar-refractivity contribution in [1.82, 2.24) is 4.90 Å². The summed E-state index contributed by atoms with van der Waals surface area (Å²) >= 11 is 7.85. The Balaban J connectivity index is 1.59. The molecule has 10 heteroatoms. The van der Waals surface area contributed by atoms with E-state index in [9.17, 15) is 22.8 Å². The van der Waals surface area contributed by atoms with E-state index in [1.165, 1.54) is 28.4 Å². The van der Waals surface area contributed by atoms with Crippen molar-refractivity contribution in [3.05, 3.63) is 57.1 Å². The first kappa shape index (κ1) is 20.6. The van der Waals surface area contributed by atoms with Crippen molar-refractivity contribution in [2.75, 3.05) is 11.9 Å². The topological polar surface area (TPSA) is 49.4 Å². The minimum absolute atomic E-state index is 0.0443. The second-order valence-electron chi connectivity index (χ2n) is 5.73. The van der Waals surface area contributed by atoms with Crippen LogP contribution < -0.4 is 5.32 Å². The number of alkyl halides is 3. The average Bonchev–Trinajstić information content (AvgIpc) is 3.22. The molecule has 2 aromatic rings. The van der Waals surface area contributed by atoms with Gasteiger partial charge >= 0.3 is 6.18 Å². The van der Waals surface area contributed by atoms with Crippen molar-refractivity contribution in [3.63, 3.8) is 0 Å². The first-order valence-corrected chi connectivity index (χ1v) is 10.1. The molecule has 0 aliphatic carbocycles. The van der Waals surface area contributed by atoms with Gasteiger partial charge in [0.05, 0.1) is 10.5 Å². The van der Waals surface area contributed by atoms with Crippen LogP contribution in [-0.4, -0.2) is 27.6 Å². The molecule has 1 aromatic heterocycles. The number of rotatable bonds is 5. The molecule has 1 N–H and O–H groups in total. The minimum Gasteiger partial charge on any atom is -0.326 e. The van der Waals surface area contributed by atoms with Crippen LogP contribution in [0.4, 0.5) is 18.9 Å². The fourth-order valence-electron chi connectivity index (χ4n) is 2.41. The van der Waals surface area contributed by atoms with Gasteiger partial charge in [0.25, 0.3) is 5.91 Å². The molecular formula is C18H13F3N2O2S3. The van der Waals surface area contributed by atoms with E-state index in [2.05, 4.69) is 5.32 Å². The highest BCUT2D eigenvalue weighted by Gasteiger charge is 2.32. The minimum atomic E-state index is -4.49. The molecule has 146 valence electrons. The molecule has 0 spiro atoms. The highest BCUT2D eigenvalue weighted by Crippen LogP contribution is 2.33. The smallest absolute Gasteiger partial charge is 0.326 e. The third-order valence-corrected chi connectivity index (χ3v) is 5.92. The number of thiocarbonyl (C=S) groups is 1. The van der Waals surface area contributed by atoms with Gasteiger partial charge in [0.1, 0.15) is 4.32 Å². The van der Waals surface area contributed by atoms with Crippen molar-refractivity contribution in [3.8, 4) is 0 Å². The Morgan fingerprint density at radius 3 is 2.71 bits per heavy atom. The molecule has 1 saturated heterocycles. The molecule has 1 aliphatic rings. The normalized spacial score (nSPS) is 16.1. The van der Waals surface area contributed by atoms with E-state index in [0.717, 1.165) is 28.8 Å². The summed E-state index contributed by atoms with van der Waals surface area (Å²) in [4.78, 5) is 27.3. The monoisotopic (exact) mass is 442 g/mol. The van der Waals surface area contributed by atoms with Gasteiger partial charge in [-0.3, -0.25) is 14.5 Å². The molecule has 0 atom stereocenters. The second kappa shape index (κ2) is 8.46. The Morgan fingerprint density at radius 2 is 2.04 bits per heavy atom. The Kier molecular flexibility index (Phi) is 6.21. The summed E-state index contributed by atoms with van der Waals surface area (Å²) in [5, 5.41) is 4.31. The zero-order valence-corrected chi connectivity index (χ0v) is 16.6. The first-order chi connectivity index (χ1) is 13.2.